The van der Waals surface area contributed by atoms with Crippen LogP contribution in [0.5, 0.6) is 0 Å². The molecule has 0 aromatic heterocycles. The molecule has 22 heavy (non-hydrogen) atoms. The summed E-state index contributed by atoms with van der Waals surface area (Å²) in [6.07, 6.45) is 0.206. The summed E-state index contributed by atoms with van der Waals surface area (Å²) in [5.74, 6) is 0. The summed E-state index contributed by atoms with van der Waals surface area (Å²) in [6, 6.07) is 1.32. The molecule has 7 heteroatoms. The molecule has 0 spiro atoms. The van der Waals surface area contributed by atoms with Gasteiger partial charge >= 0.3 is 138 Å². The minimum atomic E-state index is -1.54. The van der Waals surface area contributed by atoms with E-state index in [4.69, 9.17) is 4.43 Å². The standard InChI is InChI=1S/C15H28NOSi2.2ClH.Ti/c1-9-19(8)12-10-11(17-18(5,6)7)13(14(12)19)16-15(2,3)4;;;/h11,16H,9H2,1-8H3;2*1H;/q;;;+2/p-2. The Hall–Kier alpha value is 0.968. The van der Waals surface area contributed by atoms with Crippen LogP contribution in [0.1, 0.15) is 27.7 Å². The van der Waals surface area contributed by atoms with Crippen molar-refractivity contribution in [2.45, 2.75) is 71.6 Å². The molecular formula is C15H28Cl2NOSi2Ti. The Morgan fingerprint density at radius 1 is 1.18 bits per heavy atom. The predicted molar refractivity (Wildman–Crippen MR) is 87.3 cm³/mol. The van der Waals surface area contributed by atoms with Crippen LogP contribution in [0.25, 0.3) is 0 Å². The number of halogens is 2. The number of hydrogen-bond acceptors (Lipinski definition) is 2. The molecule has 125 valence electrons. The summed E-state index contributed by atoms with van der Waals surface area (Å²) >= 11 is 2.30. The van der Waals surface area contributed by atoms with E-state index in [9.17, 15) is 0 Å². The zero-order chi connectivity index (χ0) is 15.5. The van der Waals surface area contributed by atoms with Gasteiger partial charge in [-0.25, -0.2) is 0 Å². The predicted octanol–water partition coefficient (Wildman–Crippen LogP) is -2.14. The molecule has 2 rings (SSSR count). The molecule has 1 aliphatic heterocycles. The van der Waals surface area contributed by atoms with Crippen molar-refractivity contribution in [3.05, 3.63) is 20.0 Å². The smallest absolute Gasteiger partial charge is 1.00 e. The zero-order valence-electron chi connectivity index (χ0n) is 14.9. The zero-order valence-corrected chi connectivity index (χ0v) is 20.0. The second-order valence-electron chi connectivity index (χ2n) is 8.25. The van der Waals surface area contributed by atoms with E-state index in [0.29, 0.717) is 0 Å². The average molecular weight is 413 g/mol. The fraction of sp³-hybridized carbons (Fsp3) is 0.733. The van der Waals surface area contributed by atoms with Crippen LogP contribution in [-0.2, 0) is 24.9 Å². The molecule has 0 aromatic carbocycles. The van der Waals surface area contributed by atoms with Crippen LogP contribution in [0, 0.1) is 0 Å². The third-order valence-corrected chi connectivity index (χ3v) is 10.6. The molecule has 0 amide bonds. The molecule has 1 N–H and O–H groups in total. The molecule has 1 saturated heterocycles. The second-order valence-corrected chi connectivity index (χ2v) is 17.9. The van der Waals surface area contributed by atoms with Crippen LogP contribution in [0.3, 0.4) is 0 Å². The first-order valence-corrected chi connectivity index (χ1v) is 14.5. The van der Waals surface area contributed by atoms with Gasteiger partial charge in [0.05, 0.1) is 0 Å². The minimum Gasteiger partial charge on any atom is -1.00 e. The molecule has 0 radical (unpaired) electrons. The van der Waals surface area contributed by atoms with Crippen molar-refractivity contribution in [1.82, 2.24) is 5.32 Å². The summed E-state index contributed by atoms with van der Waals surface area (Å²) in [7, 11) is -2.78. The van der Waals surface area contributed by atoms with Gasteiger partial charge < -0.3 is 24.8 Å². The molecule has 2 atom stereocenters. The van der Waals surface area contributed by atoms with Gasteiger partial charge in [-0.1, -0.05) is 0 Å². The Kier molecular flexibility index (Phi) is 7.38. The van der Waals surface area contributed by atoms with Crippen molar-refractivity contribution < 1.29 is 49.7 Å². The number of rotatable bonds is 4. The van der Waals surface area contributed by atoms with Gasteiger partial charge in [-0.2, -0.15) is 0 Å². The molecule has 2 unspecified atom stereocenters. The SMILES string of the molecule is CC[Si]1(C)C2=[C]([Ti+2])C(O[Si](C)(C)C)C(NC(C)(C)C)=C21.[Cl-].[Cl-]. The maximum Gasteiger partial charge on any atom is -1.00 e. The van der Waals surface area contributed by atoms with Crippen LogP contribution in [0.15, 0.2) is 20.0 Å². The fourth-order valence-corrected chi connectivity index (χ4v) is 10.1. The molecule has 2 nitrogen and oxygen atoms in total. The third kappa shape index (κ3) is 4.32. The fourth-order valence-electron chi connectivity index (χ4n) is 3.04. The van der Waals surface area contributed by atoms with Gasteiger partial charge in [-0.3, -0.25) is 0 Å². The van der Waals surface area contributed by atoms with Crippen molar-refractivity contribution in [2.75, 3.05) is 0 Å². The number of fused-ring (bicyclic) bond motifs is 1. The van der Waals surface area contributed by atoms with Gasteiger partial charge in [0.1, 0.15) is 0 Å². The normalized spacial score (nSPS) is 27.3. The van der Waals surface area contributed by atoms with Crippen LogP contribution in [0.2, 0.25) is 32.2 Å². The first-order valence-electron chi connectivity index (χ1n) is 7.58. The van der Waals surface area contributed by atoms with Gasteiger partial charge in [0.15, 0.2) is 0 Å². The van der Waals surface area contributed by atoms with E-state index in [1.807, 2.05) is 0 Å². The quantitative estimate of drug-likeness (QED) is 0.532. The summed E-state index contributed by atoms with van der Waals surface area (Å²) < 4.78 is 8.00. The molecule has 2 aliphatic rings. The molecule has 1 heterocycles. The number of hydrogen-bond donors (Lipinski definition) is 1. The van der Waals surface area contributed by atoms with Crippen molar-refractivity contribution in [2.24, 2.45) is 0 Å². The summed E-state index contributed by atoms with van der Waals surface area (Å²) in [5, 5.41) is 7.15. The van der Waals surface area contributed by atoms with Crippen LogP contribution < -0.4 is 30.1 Å². The molecule has 1 fully saturated rings. The molecular weight excluding hydrogens is 385 g/mol. The summed E-state index contributed by atoms with van der Waals surface area (Å²) in [6.45, 7) is 18.4. The molecule has 0 bridgehead atoms. The van der Waals surface area contributed by atoms with Crippen LogP contribution in [0.4, 0.5) is 0 Å². The first-order chi connectivity index (χ1) is 8.91. The topological polar surface area (TPSA) is 21.3 Å². The molecule has 0 aromatic rings. The van der Waals surface area contributed by atoms with Crippen LogP contribution >= 0.6 is 0 Å². The molecule has 1 aliphatic carbocycles. The Morgan fingerprint density at radius 3 is 2.05 bits per heavy atom. The Labute approximate surface area is 162 Å². The van der Waals surface area contributed by atoms with Gasteiger partial charge in [-0.05, 0) is 0 Å². The van der Waals surface area contributed by atoms with Crippen molar-refractivity contribution >= 4 is 16.4 Å². The maximum absolute atomic E-state index is 6.49. The Balaban J connectivity index is 0.00000220. The second kappa shape index (κ2) is 7.07. The van der Waals surface area contributed by atoms with Gasteiger partial charge in [0.25, 0.3) is 0 Å². The Morgan fingerprint density at radius 2 is 1.68 bits per heavy atom. The average Bonchev–Trinajstić information content (AvgIpc) is 2.77. The maximum atomic E-state index is 6.49. The summed E-state index contributed by atoms with van der Waals surface area (Å²) in [4.78, 5) is 0. The van der Waals surface area contributed by atoms with Gasteiger partial charge in [0, 0.05) is 0 Å². The number of nitrogens with one attached hydrogen (secondary N) is 1. The van der Waals surface area contributed by atoms with E-state index in [2.05, 4.69) is 79.6 Å². The van der Waals surface area contributed by atoms with Crippen molar-refractivity contribution in [3.8, 4) is 0 Å². The Bertz CT molecular complexity index is 509. The van der Waals surface area contributed by atoms with E-state index < -0.39 is 16.4 Å². The van der Waals surface area contributed by atoms with E-state index >= 15 is 0 Å². The first kappa shape index (κ1) is 23.0. The van der Waals surface area contributed by atoms with E-state index in [-0.39, 0.29) is 36.5 Å². The van der Waals surface area contributed by atoms with E-state index in [0.717, 1.165) is 0 Å². The van der Waals surface area contributed by atoms with Gasteiger partial charge in [0.2, 0.25) is 0 Å². The van der Waals surface area contributed by atoms with Crippen molar-refractivity contribution in [3.63, 3.8) is 0 Å². The van der Waals surface area contributed by atoms with E-state index in [1.165, 1.54) is 15.6 Å². The van der Waals surface area contributed by atoms with Crippen LogP contribution in [-0.4, -0.2) is 28.0 Å². The largest absolute Gasteiger partial charge is 1.00 e. The number of allylic oxidation sites excluding steroid dienone is 2. The van der Waals surface area contributed by atoms with Crippen molar-refractivity contribution in [1.29, 1.82) is 0 Å². The van der Waals surface area contributed by atoms with Gasteiger partial charge in [-0.15, -0.1) is 0 Å². The van der Waals surface area contributed by atoms with E-state index in [1.54, 1.807) is 10.4 Å². The third-order valence-electron chi connectivity index (χ3n) is 4.04. The summed E-state index contributed by atoms with van der Waals surface area (Å²) in [5.41, 5.74) is 1.51. The minimum absolute atomic E-state index is 0. The monoisotopic (exact) mass is 412 g/mol. The molecule has 0 saturated carbocycles.